The Morgan fingerprint density at radius 3 is 2.73 bits per heavy atom. The van der Waals surface area contributed by atoms with Crippen molar-refractivity contribution in [1.82, 2.24) is 4.90 Å². The average molecular weight is 205 g/mol. The summed E-state index contributed by atoms with van der Waals surface area (Å²) in [5.74, 6) is 0.483. The van der Waals surface area contributed by atoms with Gasteiger partial charge in [-0.15, -0.1) is 0 Å². The Hall–Kier alpha value is -0.860. The fraction of sp³-hybridized carbons (Fsp3) is 0.538. The smallest absolute Gasteiger partial charge is 0.0471 e. The Bertz CT molecular complexity index is 299. The molecule has 0 saturated carbocycles. The van der Waals surface area contributed by atoms with Crippen molar-refractivity contribution >= 4 is 0 Å². The molecule has 0 bridgehead atoms. The van der Waals surface area contributed by atoms with E-state index in [9.17, 15) is 0 Å². The predicted molar refractivity (Wildman–Crippen MR) is 61.6 cm³/mol. The van der Waals surface area contributed by atoms with Gasteiger partial charge in [-0.05, 0) is 31.4 Å². The third kappa shape index (κ3) is 2.39. The van der Waals surface area contributed by atoms with Crippen molar-refractivity contribution < 1.29 is 5.11 Å². The maximum atomic E-state index is 9.11. The van der Waals surface area contributed by atoms with Crippen molar-refractivity contribution in [1.29, 1.82) is 0 Å². The van der Waals surface area contributed by atoms with Crippen LogP contribution in [-0.2, 0) is 0 Å². The zero-order chi connectivity index (χ0) is 10.7. The quantitative estimate of drug-likeness (QED) is 0.816. The second-order valence-corrected chi connectivity index (χ2v) is 4.42. The number of nitrogens with zero attached hydrogens (tertiary/aromatic N) is 1. The summed E-state index contributed by atoms with van der Waals surface area (Å²) < 4.78 is 0. The molecule has 0 spiro atoms. The predicted octanol–water partition coefficient (Wildman–Crippen LogP) is 2.06. The standard InChI is InChI=1S/C13H19NO/c1-11(13-5-3-2-4-6-13)14-8-7-12(9-14)10-15/h2-6,11-12,15H,7-10H2,1H3/t11-,12-/m1/s1. The maximum Gasteiger partial charge on any atom is 0.0471 e. The van der Waals surface area contributed by atoms with Gasteiger partial charge in [0.05, 0.1) is 0 Å². The first kappa shape index (κ1) is 10.7. The van der Waals surface area contributed by atoms with E-state index in [0.29, 0.717) is 18.6 Å². The first-order chi connectivity index (χ1) is 7.31. The molecule has 1 heterocycles. The third-order valence-electron chi connectivity index (χ3n) is 3.41. The van der Waals surface area contributed by atoms with E-state index < -0.39 is 0 Å². The Labute approximate surface area is 91.5 Å². The number of likely N-dealkylation sites (tertiary alicyclic amines) is 1. The molecule has 0 aromatic heterocycles. The molecule has 1 aromatic rings. The van der Waals surface area contributed by atoms with E-state index in [1.807, 2.05) is 0 Å². The van der Waals surface area contributed by atoms with Crippen molar-refractivity contribution in [2.75, 3.05) is 19.7 Å². The lowest BCUT2D eigenvalue weighted by Gasteiger charge is -2.24. The number of hydrogen-bond donors (Lipinski definition) is 1. The molecule has 1 aliphatic heterocycles. The molecule has 0 amide bonds. The van der Waals surface area contributed by atoms with Crippen LogP contribution in [0.2, 0.25) is 0 Å². The van der Waals surface area contributed by atoms with E-state index in [1.165, 1.54) is 5.56 Å². The summed E-state index contributed by atoms with van der Waals surface area (Å²) >= 11 is 0. The van der Waals surface area contributed by atoms with Crippen molar-refractivity contribution in [3.8, 4) is 0 Å². The molecule has 2 nitrogen and oxygen atoms in total. The van der Waals surface area contributed by atoms with E-state index in [-0.39, 0.29) is 0 Å². The summed E-state index contributed by atoms with van der Waals surface area (Å²) in [6.07, 6.45) is 1.13. The summed E-state index contributed by atoms with van der Waals surface area (Å²) in [5.41, 5.74) is 1.37. The van der Waals surface area contributed by atoms with Gasteiger partial charge in [-0.2, -0.15) is 0 Å². The first-order valence-corrected chi connectivity index (χ1v) is 5.71. The molecule has 15 heavy (non-hydrogen) atoms. The minimum atomic E-state index is 0.331. The number of aliphatic hydroxyl groups excluding tert-OH is 1. The van der Waals surface area contributed by atoms with Crippen molar-refractivity contribution in [3.05, 3.63) is 35.9 Å². The van der Waals surface area contributed by atoms with Crippen LogP contribution < -0.4 is 0 Å². The molecule has 2 rings (SSSR count). The number of rotatable bonds is 3. The van der Waals surface area contributed by atoms with Gasteiger partial charge in [-0.3, -0.25) is 4.90 Å². The highest BCUT2D eigenvalue weighted by atomic mass is 16.3. The molecule has 82 valence electrons. The van der Waals surface area contributed by atoms with Gasteiger partial charge in [0.2, 0.25) is 0 Å². The summed E-state index contributed by atoms with van der Waals surface area (Å²) in [6, 6.07) is 11.1. The van der Waals surface area contributed by atoms with Crippen LogP contribution in [0, 0.1) is 5.92 Å². The molecule has 1 N–H and O–H groups in total. The summed E-state index contributed by atoms with van der Waals surface area (Å²) in [4.78, 5) is 2.45. The molecule has 1 aromatic carbocycles. The van der Waals surface area contributed by atoms with Gasteiger partial charge in [0.1, 0.15) is 0 Å². The summed E-state index contributed by atoms with van der Waals surface area (Å²) in [7, 11) is 0. The fourth-order valence-electron chi connectivity index (χ4n) is 2.31. The molecular weight excluding hydrogens is 186 g/mol. The molecule has 1 saturated heterocycles. The lowest BCUT2D eigenvalue weighted by Crippen LogP contribution is -2.25. The van der Waals surface area contributed by atoms with Crippen LogP contribution in [-0.4, -0.2) is 29.7 Å². The number of aliphatic hydroxyl groups is 1. The highest BCUT2D eigenvalue weighted by Crippen LogP contribution is 2.26. The molecule has 1 fully saturated rings. The van der Waals surface area contributed by atoms with Crippen LogP contribution in [0.15, 0.2) is 30.3 Å². The minimum Gasteiger partial charge on any atom is -0.396 e. The van der Waals surface area contributed by atoms with E-state index >= 15 is 0 Å². The van der Waals surface area contributed by atoms with Gasteiger partial charge in [0.25, 0.3) is 0 Å². The van der Waals surface area contributed by atoms with Gasteiger partial charge in [0, 0.05) is 19.2 Å². The van der Waals surface area contributed by atoms with Crippen LogP contribution in [0.5, 0.6) is 0 Å². The van der Waals surface area contributed by atoms with Crippen molar-refractivity contribution in [3.63, 3.8) is 0 Å². The zero-order valence-corrected chi connectivity index (χ0v) is 9.26. The maximum absolute atomic E-state index is 9.11. The van der Waals surface area contributed by atoms with Gasteiger partial charge in [0.15, 0.2) is 0 Å². The number of benzene rings is 1. The van der Waals surface area contributed by atoms with Crippen LogP contribution in [0.4, 0.5) is 0 Å². The van der Waals surface area contributed by atoms with Crippen LogP contribution >= 0.6 is 0 Å². The largest absolute Gasteiger partial charge is 0.396 e. The Morgan fingerprint density at radius 2 is 2.13 bits per heavy atom. The summed E-state index contributed by atoms with van der Waals surface area (Å²) in [6.45, 7) is 4.72. The highest BCUT2D eigenvalue weighted by Gasteiger charge is 2.25. The molecule has 2 atom stereocenters. The van der Waals surface area contributed by atoms with E-state index in [1.54, 1.807) is 0 Å². The molecule has 0 unspecified atom stereocenters. The topological polar surface area (TPSA) is 23.5 Å². The average Bonchev–Trinajstić information content (AvgIpc) is 2.78. The lowest BCUT2D eigenvalue weighted by molar-refractivity contribution is 0.204. The van der Waals surface area contributed by atoms with E-state index in [4.69, 9.17) is 5.11 Å². The molecular formula is C13H19NO. The van der Waals surface area contributed by atoms with Crippen LogP contribution in [0.1, 0.15) is 24.9 Å². The van der Waals surface area contributed by atoms with Gasteiger partial charge < -0.3 is 5.11 Å². The van der Waals surface area contributed by atoms with Crippen molar-refractivity contribution in [2.45, 2.75) is 19.4 Å². The fourth-order valence-corrected chi connectivity index (χ4v) is 2.31. The van der Waals surface area contributed by atoms with Crippen LogP contribution in [0.3, 0.4) is 0 Å². The minimum absolute atomic E-state index is 0.331. The molecule has 0 radical (unpaired) electrons. The molecule has 1 aliphatic rings. The normalized spacial score (nSPS) is 24.3. The van der Waals surface area contributed by atoms with Gasteiger partial charge in [-0.1, -0.05) is 30.3 Å². The molecule has 2 heteroatoms. The SMILES string of the molecule is C[C@H](c1ccccc1)N1CC[C@@H](CO)C1. The summed E-state index contributed by atoms with van der Waals surface area (Å²) in [5, 5.41) is 9.11. The Balaban J connectivity index is 2.00. The Kier molecular flexibility index (Phi) is 3.39. The monoisotopic (exact) mass is 205 g/mol. The van der Waals surface area contributed by atoms with E-state index in [0.717, 1.165) is 19.5 Å². The lowest BCUT2D eigenvalue weighted by atomic mass is 10.1. The van der Waals surface area contributed by atoms with Crippen LogP contribution in [0.25, 0.3) is 0 Å². The second-order valence-electron chi connectivity index (χ2n) is 4.42. The second kappa shape index (κ2) is 4.77. The van der Waals surface area contributed by atoms with E-state index in [2.05, 4.69) is 42.2 Å². The first-order valence-electron chi connectivity index (χ1n) is 5.71. The number of hydrogen-bond acceptors (Lipinski definition) is 2. The van der Waals surface area contributed by atoms with Crippen molar-refractivity contribution in [2.24, 2.45) is 5.92 Å². The third-order valence-corrected chi connectivity index (χ3v) is 3.41. The van der Waals surface area contributed by atoms with Gasteiger partial charge >= 0.3 is 0 Å². The van der Waals surface area contributed by atoms with Gasteiger partial charge in [-0.25, -0.2) is 0 Å². The highest BCUT2D eigenvalue weighted by molar-refractivity contribution is 5.18. The molecule has 0 aliphatic carbocycles. The zero-order valence-electron chi connectivity index (χ0n) is 9.26. The Morgan fingerprint density at radius 1 is 1.40 bits per heavy atom.